The van der Waals surface area contributed by atoms with Crippen LogP contribution in [0.2, 0.25) is 10.2 Å². The minimum absolute atomic E-state index is 0.151. The van der Waals surface area contributed by atoms with E-state index in [1.807, 2.05) is 18.2 Å². The van der Waals surface area contributed by atoms with Crippen molar-refractivity contribution >= 4 is 29.0 Å². The molecule has 1 aromatic heterocycles. The Balaban J connectivity index is 2.16. The molecule has 0 radical (unpaired) electrons. The molecule has 0 fully saturated rings. The van der Waals surface area contributed by atoms with Crippen molar-refractivity contribution in [1.29, 1.82) is 0 Å². The van der Waals surface area contributed by atoms with Gasteiger partial charge in [-0.05, 0) is 24.6 Å². The molecule has 0 bridgehead atoms. The minimum atomic E-state index is 0.151. The van der Waals surface area contributed by atoms with E-state index in [0.29, 0.717) is 16.0 Å². The normalized spacial score (nSPS) is 12.2. The van der Waals surface area contributed by atoms with Crippen LogP contribution in [0.25, 0.3) is 0 Å². The lowest BCUT2D eigenvalue weighted by atomic mass is 10.1. The smallest absolute Gasteiger partial charge is 0.132 e. The summed E-state index contributed by atoms with van der Waals surface area (Å²) in [7, 11) is 0. The van der Waals surface area contributed by atoms with Gasteiger partial charge in [-0.1, -0.05) is 53.5 Å². The molecule has 1 N–H and O–H groups in total. The lowest BCUT2D eigenvalue weighted by Gasteiger charge is -2.15. The second-order valence-electron chi connectivity index (χ2n) is 3.77. The van der Waals surface area contributed by atoms with Gasteiger partial charge in [0.05, 0.1) is 0 Å². The predicted octanol–water partition coefficient (Wildman–Crippen LogP) is 4.56. The molecule has 2 aromatic rings. The maximum atomic E-state index is 5.92. The number of nitrogens with one attached hydrogen (secondary N) is 1. The lowest BCUT2D eigenvalue weighted by Crippen LogP contribution is -2.07. The molecule has 0 spiro atoms. The molecular formula is C13H12Cl2N2. The highest BCUT2D eigenvalue weighted by atomic mass is 35.5. The zero-order valence-electron chi connectivity index (χ0n) is 9.32. The van der Waals surface area contributed by atoms with Gasteiger partial charge in [-0.25, -0.2) is 4.98 Å². The summed E-state index contributed by atoms with van der Waals surface area (Å²) in [5.41, 5.74) is 1.19. The highest BCUT2D eigenvalue weighted by Gasteiger charge is 2.06. The highest BCUT2D eigenvalue weighted by Crippen LogP contribution is 2.22. The first-order valence-corrected chi connectivity index (χ1v) is 6.05. The lowest BCUT2D eigenvalue weighted by molar-refractivity contribution is 0.875. The predicted molar refractivity (Wildman–Crippen MR) is 72.7 cm³/mol. The van der Waals surface area contributed by atoms with E-state index in [0.717, 1.165) is 0 Å². The SMILES string of the molecule is C[C@H](Nc1cc(Cl)cc(Cl)n1)c1ccccc1. The van der Waals surface area contributed by atoms with Crippen LogP contribution in [0.15, 0.2) is 42.5 Å². The van der Waals surface area contributed by atoms with Gasteiger partial charge in [0, 0.05) is 11.1 Å². The van der Waals surface area contributed by atoms with E-state index in [4.69, 9.17) is 23.2 Å². The summed E-state index contributed by atoms with van der Waals surface area (Å²) >= 11 is 11.8. The number of rotatable bonds is 3. The summed E-state index contributed by atoms with van der Waals surface area (Å²) in [5.74, 6) is 0.679. The zero-order valence-corrected chi connectivity index (χ0v) is 10.8. The number of anilines is 1. The van der Waals surface area contributed by atoms with Crippen LogP contribution >= 0.6 is 23.2 Å². The number of aromatic nitrogens is 1. The highest BCUT2D eigenvalue weighted by molar-refractivity contribution is 6.34. The van der Waals surface area contributed by atoms with Crippen molar-refractivity contribution in [3.8, 4) is 0 Å². The Morgan fingerprint density at radius 3 is 2.47 bits per heavy atom. The molecule has 1 heterocycles. The fourth-order valence-electron chi connectivity index (χ4n) is 1.59. The molecule has 0 saturated heterocycles. The van der Waals surface area contributed by atoms with Gasteiger partial charge in [-0.15, -0.1) is 0 Å². The summed E-state index contributed by atoms with van der Waals surface area (Å²) in [5, 5.41) is 4.23. The number of halogens is 2. The van der Waals surface area contributed by atoms with E-state index < -0.39 is 0 Å². The molecule has 2 nitrogen and oxygen atoms in total. The largest absolute Gasteiger partial charge is 0.363 e. The van der Waals surface area contributed by atoms with Gasteiger partial charge >= 0.3 is 0 Å². The Hall–Kier alpha value is -1.25. The van der Waals surface area contributed by atoms with Gasteiger partial charge in [-0.3, -0.25) is 0 Å². The van der Waals surface area contributed by atoms with Crippen molar-refractivity contribution in [2.75, 3.05) is 5.32 Å². The average Bonchev–Trinajstić information content (AvgIpc) is 2.28. The van der Waals surface area contributed by atoms with Crippen LogP contribution in [0.5, 0.6) is 0 Å². The third kappa shape index (κ3) is 3.35. The van der Waals surface area contributed by atoms with Crippen LogP contribution in [0.4, 0.5) is 5.82 Å². The number of nitrogens with zero attached hydrogens (tertiary/aromatic N) is 1. The van der Waals surface area contributed by atoms with Gasteiger partial charge in [0.2, 0.25) is 0 Å². The van der Waals surface area contributed by atoms with Crippen molar-refractivity contribution in [3.63, 3.8) is 0 Å². The Labute approximate surface area is 111 Å². The van der Waals surface area contributed by atoms with Crippen molar-refractivity contribution in [2.24, 2.45) is 0 Å². The number of hydrogen-bond acceptors (Lipinski definition) is 2. The molecule has 1 atom stereocenters. The third-order valence-corrected chi connectivity index (χ3v) is 2.83. The molecule has 4 heteroatoms. The fourth-order valence-corrected chi connectivity index (χ4v) is 2.06. The molecule has 2 rings (SSSR count). The summed E-state index contributed by atoms with van der Waals surface area (Å²) in [6.45, 7) is 2.06. The number of pyridine rings is 1. The first-order chi connectivity index (χ1) is 8.15. The second kappa shape index (κ2) is 5.39. The van der Waals surface area contributed by atoms with Gasteiger partial charge in [-0.2, -0.15) is 0 Å². The maximum absolute atomic E-state index is 5.92. The molecule has 0 amide bonds. The molecule has 0 aliphatic heterocycles. The molecule has 0 unspecified atom stereocenters. The summed E-state index contributed by atoms with van der Waals surface area (Å²) in [6, 6.07) is 13.6. The van der Waals surface area contributed by atoms with E-state index in [9.17, 15) is 0 Å². The fraction of sp³-hybridized carbons (Fsp3) is 0.154. The molecule has 88 valence electrons. The first kappa shape index (κ1) is 12.2. The van der Waals surface area contributed by atoms with Crippen LogP contribution < -0.4 is 5.32 Å². The molecule has 0 aliphatic rings. The van der Waals surface area contributed by atoms with Crippen molar-refractivity contribution in [3.05, 3.63) is 58.2 Å². The number of hydrogen-bond donors (Lipinski definition) is 1. The Morgan fingerprint density at radius 2 is 1.82 bits per heavy atom. The van der Waals surface area contributed by atoms with Crippen LogP contribution in [-0.2, 0) is 0 Å². The van der Waals surface area contributed by atoms with Gasteiger partial charge in [0.15, 0.2) is 0 Å². The Kier molecular flexibility index (Phi) is 3.87. The molecule has 1 aromatic carbocycles. The monoisotopic (exact) mass is 266 g/mol. The number of benzene rings is 1. The Morgan fingerprint density at radius 1 is 1.12 bits per heavy atom. The third-order valence-electron chi connectivity index (χ3n) is 2.42. The molecular weight excluding hydrogens is 255 g/mol. The first-order valence-electron chi connectivity index (χ1n) is 5.30. The Bertz CT molecular complexity index is 480. The van der Waals surface area contributed by atoms with Crippen molar-refractivity contribution in [1.82, 2.24) is 4.98 Å². The zero-order chi connectivity index (χ0) is 12.3. The molecule has 17 heavy (non-hydrogen) atoms. The average molecular weight is 267 g/mol. The maximum Gasteiger partial charge on any atom is 0.132 e. The minimum Gasteiger partial charge on any atom is -0.363 e. The van der Waals surface area contributed by atoms with Crippen molar-refractivity contribution < 1.29 is 0 Å². The van der Waals surface area contributed by atoms with E-state index in [-0.39, 0.29) is 6.04 Å². The van der Waals surface area contributed by atoms with Crippen LogP contribution in [0.1, 0.15) is 18.5 Å². The van der Waals surface area contributed by atoms with E-state index in [2.05, 4.69) is 29.4 Å². The standard InChI is InChI=1S/C13H12Cl2N2/c1-9(10-5-3-2-4-6-10)16-13-8-11(14)7-12(15)17-13/h2-9H,1H3,(H,16,17)/t9-/m0/s1. The summed E-state index contributed by atoms with van der Waals surface area (Å²) in [6.07, 6.45) is 0. The topological polar surface area (TPSA) is 24.9 Å². The second-order valence-corrected chi connectivity index (χ2v) is 4.59. The van der Waals surface area contributed by atoms with Crippen molar-refractivity contribution in [2.45, 2.75) is 13.0 Å². The quantitative estimate of drug-likeness (QED) is 0.824. The summed E-state index contributed by atoms with van der Waals surface area (Å²) < 4.78 is 0. The van der Waals surface area contributed by atoms with Crippen LogP contribution in [0.3, 0.4) is 0 Å². The van der Waals surface area contributed by atoms with Crippen LogP contribution in [0, 0.1) is 0 Å². The van der Waals surface area contributed by atoms with E-state index >= 15 is 0 Å². The van der Waals surface area contributed by atoms with Gasteiger partial charge in [0.1, 0.15) is 11.0 Å². The molecule has 0 aliphatic carbocycles. The van der Waals surface area contributed by atoms with E-state index in [1.54, 1.807) is 12.1 Å². The summed E-state index contributed by atoms with van der Waals surface area (Å²) in [4.78, 5) is 4.17. The van der Waals surface area contributed by atoms with E-state index in [1.165, 1.54) is 5.56 Å². The van der Waals surface area contributed by atoms with Gasteiger partial charge < -0.3 is 5.32 Å². The van der Waals surface area contributed by atoms with Crippen LogP contribution in [-0.4, -0.2) is 4.98 Å². The van der Waals surface area contributed by atoms with Gasteiger partial charge in [0.25, 0.3) is 0 Å². The molecule has 0 saturated carbocycles.